The average molecular weight is 880 g/mol. The van der Waals surface area contributed by atoms with E-state index >= 15 is 0 Å². The number of para-hydroxylation sites is 2. The van der Waals surface area contributed by atoms with Crippen molar-refractivity contribution >= 4 is 82.8 Å². The second kappa shape index (κ2) is 22.2. The van der Waals surface area contributed by atoms with Crippen LogP contribution in [0.4, 0.5) is 11.4 Å². The van der Waals surface area contributed by atoms with E-state index in [9.17, 15) is 19.8 Å². The summed E-state index contributed by atoms with van der Waals surface area (Å²) in [6.07, 6.45) is 9.34. The molecule has 0 fully saturated rings. The second-order valence-corrected chi connectivity index (χ2v) is 11.1. The van der Waals surface area contributed by atoms with Gasteiger partial charge in [-0.15, -0.1) is 0 Å². The molecule has 282 valence electrons. The summed E-state index contributed by atoms with van der Waals surface area (Å²) >= 11 is 7.40. The van der Waals surface area contributed by atoms with Crippen LogP contribution in [-0.4, -0.2) is 64.7 Å². The van der Waals surface area contributed by atoms with Gasteiger partial charge in [-0.3, -0.25) is 29.9 Å². The maximum atomic E-state index is 10.8. The van der Waals surface area contributed by atoms with Crippen molar-refractivity contribution in [1.29, 1.82) is 10.5 Å². The van der Waals surface area contributed by atoms with E-state index < -0.39 is 11.9 Å². The zero-order valence-corrected chi connectivity index (χ0v) is 32.4. The van der Waals surface area contributed by atoms with Gasteiger partial charge in [0, 0.05) is 59.1 Å². The number of nitrogens with zero attached hydrogens (tertiary/aromatic N) is 8. The Morgan fingerprint density at radius 3 is 1.30 bits per heavy atom. The van der Waals surface area contributed by atoms with Crippen molar-refractivity contribution in [2.24, 2.45) is 9.98 Å². The molecule has 0 unspecified atom stereocenters. The number of hydrogen-bond acceptors (Lipinski definition) is 14. The fourth-order valence-electron chi connectivity index (χ4n) is 4.96. The molecule has 0 saturated carbocycles. The molecule has 0 saturated heterocycles. The Morgan fingerprint density at radius 2 is 0.947 bits per heavy atom. The van der Waals surface area contributed by atoms with Gasteiger partial charge in [0.2, 0.25) is 0 Å². The van der Waals surface area contributed by atoms with Crippen molar-refractivity contribution in [1.82, 2.24) is 19.9 Å². The van der Waals surface area contributed by atoms with Crippen molar-refractivity contribution < 1.29 is 49.5 Å². The van der Waals surface area contributed by atoms with Gasteiger partial charge in [-0.1, -0.05) is 35.1 Å². The molecule has 14 nitrogen and oxygen atoms in total. The van der Waals surface area contributed by atoms with Gasteiger partial charge in [0.05, 0.1) is 44.9 Å². The number of thiocyanates is 2. The molecule has 7 rings (SSSR count). The average Bonchev–Trinajstić information content (AvgIpc) is 3.21. The zero-order valence-electron chi connectivity index (χ0n) is 29.1. The number of pyridine rings is 4. The summed E-state index contributed by atoms with van der Waals surface area (Å²) in [5, 5.41) is 56.5. The van der Waals surface area contributed by atoms with Crippen LogP contribution in [0.25, 0.3) is 33.2 Å². The van der Waals surface area contributed by atoms with Crippen molar-refractivity contribution in [3.63, 3.8) is 0 Å². The first kappa shape index (κ1) is 44.1. The van der Waals surface area contributed by atoms with Crippen LogP contribution in [0.15, 0.2) is 132 Å². The molecule has 17 heteroatoms. The third kappa shape index (κ3) is 11.8. The molecule has 3 aromatic carbocycles. The van der Waals surface area contributed by atoms with Crippen LogP contribution in [0.1, 0.15) is 31.8 Å². The normalized spacial score (nSPS) is 10.0. The molecule has 0 aliphatic rings. The number of hydrogen-bond donors (Lipinski definition) is 4. The number of aliphatic imine (C=N–C) groups is 2. The van der Waals surface area contributed by atoms with Gasteiger partial charge in [0.15, 0.2) is 0 Å². The van der Waals surface area contributed by atoms with Gasteiger partial charge < -0.3 is 45.7 Å². The molecule has 4 heterocycles. The van der Waals surface area contributed by atoms with Crippen LogP contribution in [0, 0.1) is 21.3 Å². The van der Waals surface area contributed by atoms with E-state index in [1.807, 2.05) is 36.4 Å². The van der Waals surface area contributed by atoms with Crippen LogP contribution < -0.4 is 0 Å². The van der Waals surface area contributed by atoms with E-state index in [1.54, 1.807) is 61.2 Å². The minimum Gasteiger partial charge on any atom is -0.696 e. The molecule has 4 N–H and O–H groups in total. The van der Waals surface area contributed by atoms with Crippen molar-refractivity contribution in [3.8, 4) is 33.7 Å². The number of aromatic carboxylic acids is 2. The van der Waals surface area contributed by atoms with E-state index in [0.29, 0.717) is 44.9 Å². The van der Waals surface area contributed by atoms with E-state index in [1.165, 1.54) is 47.5 Å². The monoisotopic (exact) mass is 880 g/mol. The Kier molecular flexibility index (Phi) is 17.2. The summed E-state index contributed by atoms with van der Waals surface area (Å²) < 4.78 is 0. The fourth-order valence-corrected chi connectivity index (χ4v) is 4.96. The number of aromatic nitrogens is 4. The zero-order chi connectivity index (χ0) is 40.5. The topological polar surface area (TPSA) is 239 Å². The van der Waals surface area contributed by atoms with Gasteiger partial charge >= 0.3 is 31.4 Å². The minimum absolute atomic E-state index is 0. The van der Waals surface area contributed by atoms with Gasteiger partial charge in [-0.05, 0) is 72.8 Å². The summed E-state index contributed by atoms with van der Waals surface area (Å²) in [7, 11) is 0. The first-order chi connectivity index (χ1) is 27.1. The van der Waals surface area contributed by atoms with E-state index in [2.05, 4.69) is 45.2 Å². The molecule has 4 aromatic heterocycles. The molecule has 7 aromatic rings. The number of aromatic hydroxyl groups is 2. The maximum Gasteiger partial charge on any atom is 2.00 e. The summed E-state index contributed by atoms with van der Waals surface area (Å²) in [5.41, 5.74) is 4.59. The number of carboxylic acids is 2. The SMILES string of the molecule is N#C[S-].N#C[S-].O=C(O)c1ccnc(-c2cc(C(=O)O)ccn2)c1.Oc1ccccc1C=Nc1c(N=Cc2ccccc2O)c2cccnc2c2ncccc12.[Ru+2]. The second-order valence-electron chi connectivity index (χ2n) is 10.8. The van der Waals surface area contributed by atoms with Crippen LogP contribution in [0.3, 0.4) is 0 Å². The molecule has 0 radical (unpaired) electrons. The smallest absolute Gasteiger partial charge is 0.696 e. The predicted octanol–water partition coefficient (Wildman–Crippen LogP) is 7.26. The molecular formula is C40H26N8O6RuS2. The summed E-state index contributed by atoms with van der Waals surface area (Å²) in [6, 6.07) is 26.9. The molecule has 0 aliphatic heterocycles. The van der Waals surface area contributed by atoms with E-state index in [4.69, 9.17) is 30.7 Å². The number of nitriles is 2. The number of carbonyl (C=O) groups is 2. The standard InChI is InChI=1S/C26H18N4O2.C12H8N2O4.2CHNS.Ru/c31-21-11-3-1-7-17(21)15-29-25-19-9-5-13-27-23(19)24-20(10-6-14-28-24)26(25)30-16-18-8-2-4-12-22(18)32;15-11(16)7-1-3-13-9(5-7)10-6-8(12(17)18)2-4-14-10;2*2-1-3;/h1-16,31-32H;1-6H,(H,15,16)(H,17,18);2*3H;/q;;;;+2/p-2. The van der Waals surface area contributed by atoms with E-state index in [-0.39, 0.29) is 42.1 Å². The number of fused-ring (bicyclic) bond motifs is 3. The Labute approximate surface area is 348 Å². The number of carboxylic acid groups (broad SMARTS) is 2. The Balaban J connectivity index is 0.000000295. The predicted molar refractivity (Wildman–Crippen MR) is 215 cm³/mol. The molecular weight excluding hydrogens is 854 g/mol. The van der Waals surface area contributed by atoms with Crippen LogP contribution >= 0.6 is 0 Å². The summed E-state index contributed by atoms with van der Waals surface area (Å²) in [5.74, 6) is -1.87. The van der Waals surface area contributed by atoms with Crippen molar-refractivity contribution in [2.75, 3.05) is 0 Å². The van der Waals surface area contributed by atoms with Gasteiger partial charge in [-0.2, -0.15) is 0 Å². The molecule has 0 bridgehead atoms. The Hall–Kier alpha value is -7.30. The third-order valence-corrected chi connectivity index (χ3v) is 7.39. The first-order valence-corrected chi connectivity index (χ1v) is 16.7. The number of rotatable bonds is 7. The maximum absolute atomic E-state index is 10.8. The Bertz CT molecular complexity index is 2490. The van der Waals surface area contributed by atoms with Crippen molar-refractivity contribution in [2.45, 2.75) is 0 Å². The largest absolute Gasteiger partial charge is 2.00 e. The molecule has 0 amide bonds. The first-order valence-electron chi connectivity index (χ1n) is 15.8. The Morgan fingerprint density at radius 1 is 0.579 bits per heavy atom. The molecule has 0 atom stereocenters. The van der Waals surface area contributed by atoms with Crippen LogP contribution in [0.5, 0.6) is 11.5 Å². The number of phenolic OH excluding ortho intramolecular Hbond substituents is 2. The number of benzene rings is 3. The van der Waals surface area contributed by atoms with E-state index in [0.717, 1.165) is 10.8 Å². The van der Waals surface area contributed by atoms with Crippen LogP contribution in [0.2, 0.25) is 0 Å². The molecule has 0 aliphatic carbocycles. The fraction of sp³-hybridized carbons (Fsp3) is 0. The quantitative estimate of drug-likeness (QED) is 0.0405. The molecule has 57 heavy (non-hydrogen) atoms. The summed E-state index contributed by atoms with van der Waals surface area (Å²) in [6.45, 7) is 0. The van der Waals surface area contributed by atoms with Gasteiger partial charge in [0.1, 0.15) is 11.5 Å². The van der Waals surface area contributed by atoms with Gasteiger partial charge in [-0.25, -0.2) is 20.1 Å². The summed E-state index contributed by atoms with van der Waals surface area (Å²) in [4.78, 5) is 48.1. The van der Waals surface area contributed by atoms with Gasteiger partial charge in [0.25, 0.3) is 0 Å². The van der Waals surface area contributed by atoms with Crippen molar-refractivity contribution in [3.05, 3.63) is 144 Å². The number of phenols is 2. The molecule has 0 spiro atoms. The van der Waals surface area contributed by atoms with Crippen LogP contribution in [-0.2, 0) is 44.7 Å². The minimum atomic E-state index is -1.08. The third-order valence-electron chi connectivity index (χ3n) is 7.39.